The van der Waals surface area contributed by atoms with Crippen LogP contribution in [-0.2, 0) is 10.3 Å². The molecule has 0 saturated heterocycles. The number of thioether (sulfide) groups is 1. The van der Waals surface area contributed by atoms with Crippen LogP contribution in [0.2, 0.25) is 5.02 Å². The molecular weight excluding hydrogens is 443 g/mol. The van der Waals surface area contributed by atoms with Crippen molar-refractivity contribution in [2.45, 2.75) is 36.3 Å². The highest BCUT2D eigenvalue weighted by Gasteiger charge is 2.35. The van der Waals surface area contributed by atoms with Gasteiger partial charge in [-0.1, -0.05) is 35.5 Å². The van der Waals surface area contributed by atoms with E-state index in [1.165, 1.54) is 11.8 Å². The van der Waals surface area contributed by atoms with Crippen LogP contribution in [0.5, 0.6) is 0 Å². The van der Waals surface area contributed by atoms with Crippen molar-refractivity contribution in [2.75, 3.05) is 6.54 Å². The van der Waals surface area contributed by atoms with Crippen LogP contribution in [0, 0.1) is 0 Å². The van der Waals surface area contributed by atoms with E-state index in [1.54, 1.807) is 38.5 Å². The van der Waals surface area contributed by atoms with Crippen molar-refractivity contribution < 1.29 is 9.84 Å². The van der Waals surface area contributed by atoms with E-state index in [0.29, 0.717) is 28.7 Å². The molecule has 30 heavy (non-hydrogen) atoms. The van der Waals surface area contributed by atoms with Crippen molar-refractivity contribution in [1.82, 2.24) is 9.97 Å². The van der Waals surface area contributed by atoms with Crippen LogP contribution in [-0.4, -0.2) is 43.4 Å². The number of pyridine rings is 2. The fourth-order valence-electron chi connectivity index (χ4n) is 3.00. The smallest absolute Gasteiger partial charge is 0.219 e. The molecule has 3 unspecified atom stereocenters. The molecule has 1 N–H and O–H groups in total. The zero-order chi connectivity index (χ0) is 21.3. The van der Waals surface area contributed by atoms with Gasteiger partial charge in [-0.3, -0.25) is 15.0 Å². The van der Waals surface area contributed by atoms with Crippen LogP contribution in [0.1, 0.15) is 36.7 Å². The van der Waals surface area contributed by atoms with Crippen LogP contribution in [0.25, 0.3) is 0 Å². The van der Waals surface area contributed by atoms with Gasteiger partial charge in [0, 0.05) is 18.6 Å². The van der Waals surface area contributed by atoms with E-state index in [1.807, 2.05) is 24.3 Å². The Morgan fingerprint density at radius 2 is 2.07 bits per heavy atom. The molecular formula is C21H20Cl2N4O2S. The minimum Gasteiger partial charge on any atom is -0.460 e. The Balaban J connectivity index is 1.64. The summed E-state index contributed by atoms with van der Waals surface area (Å²) in [6.45, 7) is 3.93. The van der Waals surface area contributed by atoms with Gasteiger partial charge in [-0.25, -0.2) is 4.99 Å². The molecule has 3 atom stereocenters. The molecule has 4 rings (SSSR count). The molecule has 2 aromatic heterocycles. The number of hydrogen-bond acceptors (Lipinski definition) is 7. The normalized spacial score (nSPS) is 23.7. The Hall–Kier alpha value is -1.93. The molecule has 6 nitrogen and oxygen atoms in total. The van der Waals surface area contributed by atoms with Gasteiger partial charge in [0.05, 0.1) is 33.2 Å². The number of alkyl halides is 1. The largest absolute Gasteiger partial charge is 0.460 e. The van der Waals surface area contributed by atoms with E-state index in [0.717, 1.165) is 10.6 Å². The minimum atomic E-state index is -1.01. The fraction of sp³-hybridized carbons (Fsp3) is 0.333. The van der Waals surface area contributed by atoms with E-state index < -0.39 is 5.60 Å². The molecule has 0 saturated carbocycles. The van der Waals surface area contributed by atoms with Crippen molar-refractivity contribution in [2.24, 2.45) is 9.98 Å². The summed E-state index contributed by atoms with van der Waals surface area (Å²) in [4.78, 5) is 17.8. The standard InChI is InChI=1S/C21H20Cl2N4O2S/c1-21(2,28)16-5-3-12(9-25-16)18-20(30-17-6-4-14(22)11-26-17)29-19(27-18)13-7-15(23)10-24-8-13/h3-10,14,18,20,28H,11H2,1-2H3. The Morgan fingerprint density at radius 1 is 1.23 bits per heavy atom. The number of hydrogen-bond donors (Lipinski definition) is 1. The quantitative estimate of drug-likeness (QED) is 0.675. The van der Waals surface area contributed by atoms with Gasteiger partial charge in [0.2, 0.25) is 5.90 Å². The number of halogens is 2. The topological polar surface area (TPSA) is 80.0 Å². The van der Waals surface area contributed by atoms with E-state index in [-0.39, 0.29) is 16.9 Å². The Morgan fingerprint density at radius 3 is 2.70 bits per heavy atom. The summed E-state index contributed by atoms with van der Waals surface area (Å²) >= 11 is 13.7. The van der Waals surface area contributed by atoms with Crippen LogP contribution in [0.15, 0.2) is 58.9 Å². The lowest BCUT2D eigenvalue weighted by atomic mass is 10.0. The molecule has 156 valence electrons. The maximum absolute atomic E-state index is 10.2. The molecule has 0 aromatic carbocycles. The average molecular weight is 463 g/mol. The maximum Gasteiger partial charge on any atom is 0.219 e. The van der Waals surface area contributed by atoms with Crippen molar-refractivity contribution in [1.29, 1.82) is 0 Å². The third-order valence-electron chi connectivity index (χ3n) is 4.55. The zero-order valence-corrected chi connectivity index (χ0v) is 18.7. The first-order valence-corrected chi connectivity index (χ1v) is 11.1. The van der Waals surface area contributed by atoms with E-state index >= 15 is 0 Å². The zero-order valence-electron chi connectivity index (χ0n) is 16.4. The van der Waals surface area contributed by atoms with E-state index in [2.05, 4.69) is 15.0 Å². The summed E-state index contributed by atoms with van der Waals surface area (Å²) < 4.78 is 6.19. The van der Waals surface area contributed by atoms with Gasteiger partial charge in [0.1, 0.15) is 11.6 Å². The molecule has 4 heterocycles. The van der Waals surface area contributed by atoms with Crippen LogP contribution < -0.4 is 0 Å². The van der Waals surface area contributed by atoms with Gasteiger partial charge in [-0.05, 0) is 37.6 Å². The van der Waals surface area contributed by atoms with Gasteiger partial charge in [0.15, 0.2) is 5.44 Å². The second-order valence-corrected chi connectivity index (χ2v) is 9.58. The van der Waals surface area contributed by atoms with Crippen molar-refractivity contribution in [3.63, 3.8) is 0 Å². The Kier molecular flexibility index (Phi) is 6.16. The molecule has 0 aliphatic carbocycles. The number of rotatable bonds is 4. The summed E-state index contributed by atoms with van der Waals surface area (Å²) in [6.07, 6.45) is 8.78. The maximum atomic E-state index is 10.2. The first-order chi connectivity index (χ1) is 14.3. The second-order valence-electron chi connectivity index (χ2n) is 7.46. The molecule has 0 bridgehead atoms. The monoisotopic (exact) mass is 462 g/mol. The predicted octanol–water partition coefficient (Wildman–Crippen LogP) is 4.51. The van der Waals surface area contributed by atoms with E-state index in [9.17, 15) is 5.11 Å². The lowest BCUT2D eigenvalue weighted by Crippen LogP contribution is -2.19. The number of aliphatic imine (C=N–C) groups is 2. The van der Waals surface area contributed by atoms with Crippen molar-refractivity contribution in [3.8, 4) is 0 Å². The summed E-state index contributed by atoms with van der Waals surface area (Å²) in [5, 5.41) is 11.4. The van der Waals surface area contributed by atoms with Gasteiger partial charge in [-0.2, -0.15) is 0 Å². The lowest BCUT2D eigenvalue weighted by Gasteiger charge is -2.20. The third kappa shape index (κ3) is 4.86. The van der Waals surface area contributed by atoms with E-state index in [4.69, 9.17) is 32.9 Å². The SMILES string of the molecule is CC(C)(O)c1ccc(C2N=C(c3cncc(Cl)c3)OC2SC2=NCC(Cl)C=C2)cn1. The molecule has 0 fully saturated rings. The highest BCUT2D eigenvalue weighted by atomic mass is 35.5. The summed E-state index contributed by atoms with van der Waals surface area (Å²) in [6, 6.07) is 5.18. The number of aliphatic hydroxyl groups is 1. The fourth-order valence-corrected chi connectivity index (χ4v) is 4.34. The Labute approximate surface area is 189 Å². The van der Waals surface area contributed by atoms with Crippen LogP contribution in [0.4, 0.5) is 0 Å². The highest BCUT2D eigenvalue weighted by molar-refractivity contribution is 8.14. The summed E-state index contributed by atoms with van der Waals surface area (Å²) in [5.41, 5.74) is 0.813. The second kappa shape index (κ2) is 8.67. The lowest BCUT2D eigenvalue weighted by molar-refractivity contribution is 0.0738. The minimum absolute atomic E-state index is 0.0856. The number of ether oxygens (including phenoxy) is 1. The predicted molar refractivity (Wildman–Crippen MR) is 122 cm³/mol. The molecule has 2 aliphatic heterocycles. The molecule has 2 aliphatic rings. The van der Waals surface area contributed by atoms with Crippen molar-refractivity contribution >= 4 is 45.9 Å². The van der Waals surface area contributed by atoms with Crippen molar-refractivity contribution in [3.05, 3.63) is 70.8 Å². The van der Waals surface area contributed by atoms with Gasteiger partial charge in [0.25, 0.3) is 0 Å². The summed E-state index contributed by atoms with van der Waals surface area (Å²) in [5.74, 6) is 0.467. The van der Waals surface area contributed by atoms with Gasteiger partial charge < -0.3 is 9.84 Å². The number of dihydropyridines is 1. The third-order valence-corrected chi connectivity index (χ3v) is 6.14. The number of nitrogens with zero attached hydrogens (tertiary/aromatic N) is 4. The van der Waals surface area contributed by atoms with Gasteiger partial charge in [-0.15, -0.1) is 11.6 Å². The molecule has 0 spiro atoms. The summed E-state index contributed by atoms with van der Waals surface area (Å²) in [7, 11) is 0. The molecule has 2 aromatic rings. The average Bonchev–Trinajstić information content (AvgIpc) is 3.13. The molecule has 9 heteroatoms. The number of aromatic nitrogens is 2. The van der Waals surface area contributed by atoms with Crippen LogP contribution in [0.3, 0.4) is 0 Å². The Bertz CT molecular complexity index is 1020. The molecule has 0 amide bonds. The molecule has 0 radical (unpaired) electrons. The van der Waals surface area contributed by atoms with Gasteiger partial charge >= 0.3 is 0 Å². The first kappa shape index (κ1) is 21.3. The van der Waals surface area contributed by atoms with Crippen LogP contribution >= 0.6 is 35.0 Å². The highest BCUT2D eigenvalue weighted by Crippen LogP contribution is 2.38. The first-order valence-electron chi connectivity index (χ1n) is 9.37.